The summed E-state index contributed by atoms with van der Waals surface area (Å²) in [5, 5.41) is 0. The van der Waals surface area contributed by atoms with E-state index < -0.39 is 9.84 Å². The Morgan fingerprint density at radius 3 is 2.46 bits per heavy atom. The maximum atomic E-state index is 10.9. The zero-order chi connectivity index (χ0) is 9.53. The van der Waals surface area contributed by atoms with Crippen molar-refractivity contribution in [2.45, 2.75) is 12.0 Å². The van der Waals surface area contributed by atoms with Crippen molar-refractivity contribution in [2.24, 2.45) is 0 Å². The standard InChI is InChI=1S/C8H15NO3S/c1-13(10,11)5-3-9-6-8(7-9)2-4-12-8/h2-7H2,1H3. The summed E-state index contributed by atoms with van der Waals surface area (Å²) >= 11 is 0. The molecule has 5 heteroatoms. The van der Waals surface area contributed by atoms with Crippen LogP contribution in [0.25, 0.3) is 0 Å². The van der Waals surface area contributed by atoms with Crippen LogP contribution in [0.4, 0.5) is 0 Å². The molecule has 2 saturated heterocycles. The summed E-state index contributed by atoms with van der Waals surface area (Å²) in [6.07, 6.45) is 2.42. The number of hydrogen-bond donors (Lipinski definition) is 0. The maximum Gasteiger partial charge on any atom is 0.148 e. The molecule has 0 radical (unpaired) electrons. The summed E-state index contributed by atoms with van der Waals surface area (Å²) in [4.78, 5) is 2.14. The minimum Gasteiger partial charge on any atom is -0.372 e. The molecule has 2 rings (SSSR count). The van der Waals surface area contributed by atoms with E-state index in [1.807, 2.05) is 0 Å². The van der Waals surface area contributed by atoms with Crippen LogP contribution >= 0.6 is 0 Å². The van der Waals surface area contributed by atoms with Crippen LogP contribution in [0.3, 0.4) is 0 Å². The molecule has 0 aromatic heterocycles. The summed E-state index contributed by atoms with van der Waals surface area (Å²) in [6, 6.07) is 0. The van der Waals surface area contributed by atoms with E-state index in [0.717, 1.165) is 26.1 Å². The van der Waals surface area contributed by atoms with Crippen LogP contribution in [0.5, 0.6) is 0 Å². The highest BCUT2D eigenvalue weighted by molar-refractivity contribution is 7.90. The predicted molar refractivity (Wildman–Crippen MR) is 49.5 cm³/mol. The largest absolute Gasteiger partial charge is 0.372 e. The van der Waals surface area contributed by atoms with Gasteiger partial charge in [-0.25, -0.2) is 8.42 Å². The number of hydrogen-bond acceptors (Lipinski definition) is 4. The van der Waals surface area contributed by atoms with Crippen molar-refractivity contribution >= 4 is 9.84 Å². The molecule has 0 aromatic carbocycles. The highest BCUT2D eigenvalue weighted by Crippen LogP contribution is 2.35. The van der Waals surface area contributed by atoms with Crippen molar-refractivity contribution in [1.29, 1.82) is 0 Å². The smallest absolute Gasteiger partial charge is 0.148 e. The lowest BCUT2D eigenvalue weighted by atomic mass is 9.86. The van der Waals surface area contributed by atoms with Gasteiger partial charge in [-0.15, -0.1) is 0 Å². The Balaban J connectivity index is 1.70. The summed E-state index contributed by atoms with van der Waals surface area (Å²) < 4.78 is 27.2. The molecular formula is C8H15NO3S. The molecular weight excluding hydrogens is 190 g/mol. The highest BCUT2D eigenvalue weighted by atomic mass is 32.2. The van der Waals surface area contributed by atoms with Crippen LogP contribution < -0.4 is 0 Å². The lowest BCUT2D eigenvalue weighted by molar-refractivity contribution is -0.220. The Morgan fingerprint density at radius 2 is 2.08 bits per heavy atom. The number of ether oxygens (including phenoxy) is 1. The second kappa shape index (κ2) is 2.93. The second-order valence-corrected chi connectivity index (χ2v) is 6.38. The van der Waals surface area contributed by atoms with Gasteiger partial charge in [0.15, 0.2) is 0 Å². The molecule has 0 amide bonds. The van der Waals surface area contributed by atoms with Gasteiger partial charge in [-0.2, -0.15) is 0 Å². The van der Waals surface area contributed by atoms with Gasteiger partial charge >= 0.3 is 0 Å². The van der Waals surface area contributed by atoms with Gasteiger partial charge in [-0.1, -0.05) is 0 Å². The van der Waals surface area contributed by atoms with Crippen molar-refractivity contribution < 1.29 is 13.2 Å². The zero-order valence-corrected chi connectivity index (χ0v) is 8.64. The molecule has 2 aliphatic rings. The third-order valence-electron chi connectivity index (χ3n) is 2.77. The van der Waals surface area contributed by atoms with Crippen molar-refractivity contribution in [3.63, 3.8) is 0 Å². The molecule has 0 aromatic rings. The first-order chi connectivity index (χ1) is 5.99. The molecule has 76 valence electrons. The van der Waals surface area contributed by atoms with Gasteiger partial charge in [0, 0.05) is 32.3 Å². The molecule has 0 N–H and O–H groups in total. The number of rotatable bonds is 3. The Morgan fingerprint density at radius 1 is 1.46 bits per heavy atom. The zero-order valence-electron chi connectivity index (χ0n) is 7.82. The maximum absolute atomic E-state index is 10.9. The molecule has 0 unspecified atom stereocenters. The van der Waals surface area contributed by atoms with E-state index in [-0.39, 0.29) is 11.4 Å². The van der Waals surface area contributed by atoms with Crippen LogP contribution in [0, 0.1) is 0 Å². The van der Waals surface area contributed by atoms with Crippen LogP contribution in [0.15, 0.2) is 0 Å². The molecule has 2 aliphatic heterocycles. The van der Waals surface area contributed by atoms with E-state index in [9.17, 15) is 8.42 Å². The Kier molecular flexibility index (Phi) is 2.13. The third kappa shape index (κ3) is 2.03. The minimum atomic E-state index is -2.80. The quantitative estimate of drug-likeness (QED) is 0.623. The first-order valence-electron chi connectivity index (χ1n) is 4.53. The van der Waals surface area contributed by atoms with Crippen LogP contribution in [0.1, 0.15) is 6.42 Å². The highest BCUT2D eigenvalue weighted by Gasteiger charge is 2.48. The van der Waals surface area contributed by atoms with Crippen molar-refractivity contribution in [2.75, 3.05) is 38.2 Å². The van der Waals surface area contributed by atoms with Crippen LogP contribution in [-0.4, -0.2) is 57.2 Å². The molecule has 1 spiro atoms. The third-order valence-corrected chi connectivity index (χ3v) is 3.69. The second-order valence-electron chi connectivity index (χ2n) is 4.12. The first-order valence-corrected chi connectivity index (χ1v) is 6.59. The average molecular weight is 205 g/mol. The summed E-state index contributed by atoms with van der Waals surface area (Å²) in [7, 11) is -2.80. The first kappa shape index (κ1) is 9.43. The Hall–Kier alpha value is -0.130. The molecule has 2 heterocycles. The Bertz CT molecular complexity index is 287. The average Bonchev–Trinajstić information content (AvgIpc) is 1.77. The van der Waals surface area contributed by atoms with E-state index in [4.69, 9.17) is 4.74 Å². The van der Waals surface area contributed by atoms with E-state index in [0.29, 0.717) is 6.54 Å². The Labute approximate surface area is 78.8 Å². The fourth-order valence-corrected chi connectivity index (χ4v) is 2.45. The topological polar surface area (TPSA) is 46.6 Å². The minimum absolute atomic E-state index is 0.123. The monoisotopic (exact) mass is 205 g/mol. The molecule has 2 fully saturated rings. The number of nitrogens with zero attached hydrogens (tertiary/aromatic N) is 1. The van der Waals surface area contributed by atoms with Gasteiger partial charge in [0.2, 0.25) is 0 Å². The van der Waals surface area contributed by atoms with Gasteiger partial charge in [-0.3, -0.25) is 4.90 Å². The van der Waals surface area contributed by atoms with Gasteiger partial charge < -0.3 is 4.74 Å². The predicted octanol–water partition coefficient (Wildman–Crippen LogP) is -0.494. The summed E-state index contributed by atoms with van der Waals surface area (Å²) in [5.41, 5.74) is 0.123. The van der Waals surface area contributed by atoms with Crippen molar-refractivity contribution in [1.82, 2.24) is 4.90 Å². The van der Waals surface area contributed by atoms with Crippen LogP contribution in [-0.2, 0) is 14.6 Å². The van der Waals surface area contributed by atoms with E-state index in [1.54, 1.807) is 0 Å². The van der Waals surface area contributed by atoms with Gasteiger partial charge in [0.1, 0.15) is 9.84 Å². The van der Waals surface area contributed by atoms with Gasteiger partial charge in [-0.05, 0) is 0 Å². The van der Waals surface area contributed by atoms with Crippen molar-refractivity contribution in [3.8, 4) is 0 Å². The lowest BCUT2D eigenvalue weighted by Gasteiger charge is -2.55. The molecule has 13 heavy (non-hydrogen) atoms. The summed E-state index contributed by atoms with van der Waals surface area (Å²) in [6.45, 7) is 3.37. The fourth-order valence-electron chi connectivity index (χ4n) is 1.86. The van der Waals surface area contributed by atoms with Crippen molar-refractivity contribution in [3.05, 3.63) is 0 Å². The molecule has 4 nitrogen and oxygen atoms in total. The molecule has 0 bridgehead atoms. The van der Waals surface area contributed by atoms with E-state index >= 15 is 0 Å². The van der Waals surface area contributed by atoms with Gasteiger partial charge in [0.05, 0.1) is 18.0 Å². The number of sulfone groups is 1. The van der Waals surface area contributed by atoms with E-state index in [1.165, 1.54) is 6.26 Å². The lowest BCUT2D eigenvalue weighted by Crippen LogP contribution is -2.68. The summed E-state index contributed by atoms with van der Waals surface area (Å²) in [5.74, 6) is 0.267. The molecule has 0 aliphatic carbocycles. The SMILES string of the molecule is CS(=O)(=O)CCN1CC2(CCO2)C1. The van der Waals surface area contributed by atoms with E-state index in [2.05, 4.69) is 4.90 Å². The molecule has 0 saturated carbocycles. The normalized spacial score (nSPS) is 26.8. The van der Waals surface area contributed by atoms with Gasteiger partial charge in [0.25, 0.3) is 0 Å². The van der Waals surface area contributed by atoms with Crippen LogP contribution in [0.2, 0.25) is 0 Å². The number of likely N-dealkylation sites (tertiary alicyclic amines) is 1. The fraction of sp³-hybridized carbons (Fsp3) is 1.00. The molecule has 0 atom stereocenters.